The molecule has 0 N–H and O–H groups in total. The van der Waals surface area contributed by atoms with Gasteiger partial charge >= 0.3 is 5.79 Å². The van der Waals surface area contributed by atoms with E-state index in [1.54, 1.807) is 0 Å². The molecule has 0 radical (unpaired) electrons. The Balaban J connectivity index is 2.43. The molecule has 12 heavy (non-hydrogen) atoms. The lowest BCUT2D eigenvalue weighted by Gasteiger charge is -2.05. The first-order valence-electron chi connectivity index (χ1n) is 3.62. The highest BCUT2D eigenvalue weighted by molar-refractivity contribution is 4.84. The lowest BCUT2D eigenvalue weighted by Crippen LogP contribution is -2.50. The zero-order valence-corrected chi connectivity index (χ0v) is 6.62. The van der Waals surface area contributed by atoms with Crippen molar-refractivity contribution in [3.63, 3.8) is 0 Å². The van der Waals surface area contributed by atoms with Gasteiger partial charge in [0.05, 0.1) is 6.92 Å². The molecule has 0 amide bonds. The van der Waals surface area contributed by atoms with Crippen LogP contribution in [0.4, 0.5) is 0 Å². The molecule has 1 aromatic rings. The normalized spacial score (nSPS) is 18.4. The van der Waals surface area contributed by atoms with Crippen LogP contribution < -0.4 is 4.57 Å². The number of hydrogen-bond donors (Lipinski definition) is 0. The van der Waals surface area contributed by atoms with E-state index in [4.69, 9.17) is 0 Å². The van der Waals surface area contributed by atoms with Crippen molar-refractivity contribution in [2.75, 3.05) is 0 Å². The van der Waals surface area contributed by atoms with Crippen LogP contribution in [0.3, 0.4) is 0 Å². The Morgan fingerprint density at radius 3 is 2.17 bits per heavy atom. The van der Waals surface area contributed by atoms with E-state index in [1.165, 1.54) is 0 Å². The molecule has 1 aromatic heterocycles. The molecule has 0 saturated carbocycles. The van der Waals surface area contributed by atoms with Crippen molar-refractivity contribution in [3.8, 4) is 0 Å². The molecule has 2 heterocycles. The van der Waals surface area contributed by atoms with Crippen LogP contribution in [0.5, 0.6) is 0 Å². The molecular formula is C7H8N5+. The fraction of sp³-hybridized carbons (Fsp3) is 0.286. The summed E-state index contributed by atoms with van der Waals surface area (Å²) in [5.74, 6) is -0.679. The van der Waals surface area contributed by atoms with Gasteiger partial charge in [-0.2, -0.15) is 4.57 Å². The van der Waals surface area contributed by atoms with Crippen molar-refractivity contribution < 1.29 is 4.57 Å². The maximum absolute atomic E-state index is 3.89. The maximum Gasteiger partial charge on any atom is 0.395 e. The van der Waals surface area contributed by atoms with Gasteiger partial charge in [-0.1, -0.05) is 16.3 Å². The molecule has 0 atom stereocenters. The van der Waals surface area contributed by atoms with E-state index in [9.17, 15) is 0 Å². The molecule has 0 spiro atoms. The monoisotopic (exact) mass is 162 g/mol. The highest BCUT2D eigenvalue weighted by atomic mass is 15.6. The summed E-state index contributed by atoms with van der Waals surface area (Å²) in [4.78, 5) is 0. The first-order valence-corrected chi connectivity index (χ1v) is 3.62. The van der Waals surface area contributed by atoms with Crippen LogP contribution in [0.25, 0.3) is 0 Å². The van der Waals surface area contributed by atoms with E-state index in [0.29, 0.717) is 0 Å². The number of aromatic nitrogens is 1. The summed E-state index contributed by atoms with van der Waals surface area (Å²) in [6.45, 7) is 1.84. The smallest absolute Gasteiger partial charge is 0.156 e. The Bertz CT molecular complexity index is 317. The minimum atomic E-state index is -0.679. The van der Waals surface area contributed by atoms with Crippen LogP contribution in [-0.2, 0) is 5.79 Å². The summed E-state index contributed by atoms with van der Waals surface area (Å²) in [7, 11) is 0. The van der Waals surface area contributed by atoms with Crippen molar-refractivity contribution >= 4 is 0 Å². The van der Waals surface area contributed by atoms with Gasteiger partial charge in [-0.25, -0.2) is 0 Å². The Kier molecular flexibility index (Phi) is 1.43. The van der Waals surface area contributed by atoms with Crippen LogP contribution in [0.2, 0.25) is 0 Å². The van der Waals surface area contributed by atoms with Gasteiger partial charge in [-0.3, -0.25) is 0 Å². The van der Waals surface area contributed by atoms with Crippen molar-refractivity contribution in [1.29, 1.82) is 0 Å². The summed E-state index contributed by atoms with van der Waals surface area (Å²) in [6.07, 6.45) is 3.76. The molecule has 0 aromatic carbocycles. The molecule has 1 aliphatic heterocycles. The number of pyridine rings is 1. The van der Waals surface area contributed by atoms with Gasteiger partial charge in [0.2, 0.25) is 0 Å². The minimum Gasteiger partial charge on any atom is -0.156 e. The minimum absolute atomic E-state index is 0.679. The van der Waals surface area contributed by atoms with Crippen LogP contribution in [0.15, 0.2) is 51.3 Å². The fourth-order valence-electron chi connectivity index (χ4n) is 1.01. The second-order valence-electron chi connectivity index (χ2n) is 2.63. The third-order valence-corrected chi connectivity index (χ3v) is 1.71. The van der Waals surface area contributed by atoms with Gasteiger partial charge in [0.1, 0.15) is 0 Å². The highest BCUT2D eigenvalue weighted by Gasteiger charge is 2.36. The molecule has 0 saturated heterocycles. The molecule has 0 unspecified atom stereocenters. The average molecular weight is 162 g/mol. The Hall–Kier alpha value is -1.65. The Labute approximate surface area is 69.4 Å². The predicted octanol–water partition coefficient (Wildman–Crippen LogP) is 1.44. The lowest BCUT2D eigenvalue weighted by molar-refractivity contribution is -0.759. The number of hydrogen-bond acceptors (Lipinski definition) is 4. The molecule has 0 bridgehead atoms. The second-order valence-corrected chi connectivity index (χ2v) is 2.63. The molecule has 2 rings (SSSR count). The van der Waals surface area contributed by atoms with Crippen molar-refractivity contribution in [3.05, 3.63) is 30.6 Å². The highest BCUT2D eigenvalue weighted by Crippen LogP contribution is 2.17. The topological polar surface area (TPSA) is 53.3 Å². The third kappa shape index (κ3) is 0.990. The van der Waals surface area contributed by atoms with Crippen molar-refractivity contribution in [1.82, 2.24) is 0 Å². The molecular weight excluding hydrogens is 154 g/mol. The molecule has 5 heteroatoms. The van der Waals surface area contributed by atoms with Crippen molar-refractivity contribution in [2.24, 2.45) is 20.7 Å². The van der Waals surface area contributed by atoms with Crippen LogP contribution in [0, 0.1) is 0 Å². The Morgan fingerprint density at radius 1 is 1.00 bits per heavy atom. The van der Waals surface area contributed by atoms with E-state index in [1.807, 2.05) is 42.1 Å². The van der Waals surface area contributed by atoms with Crippen molar-refractivity contribution in [2.45, 2.75) is 12.7 Å². The summed E-state index contributed by atoms with van der Waals surface area (Å²) in [5, 5.41) is 14.7. The van der Waals surface area contributed by atoms with Crippen LogP contribution in [0.1, 0.15) is 6.92 Å². The standard InChI is InChI=1S/C7H8N5/c1-7(8-10-11-9-7)12-5-3-2-4-6-12/h2-6H,1H3/q+1. The van der Waals surface area contributed by atoms with E-state index in [0.717, 1.165) is 0 Å². The van der Waals surface area contributed by atoms with E-state index < -0.39 is 5.79 Å². The van der Waals surface area contributed by atoms with Gasteiger partial charge in [0.15, 0.2) is 12.4 Å². The van der Waals surface area contributed by atoms with E-state index in [-0.39, 0.29) is 0 Å². The van der Waals surface area contributed by atoms with Gasteiger partial charge in [0.25, 0.3) is 0 Å². The summed E-state index contributed by atoms with van der Waals surface area (Å²) >= 11 is 0. The largest absolute Gasteiger partial charge is 0.395 e. The zero-order valence-electron chi connectivity index (χ0n) is 6.62. The molecule has 5 nitrogen and oxygen atoms in total. The third-order valence-electron chi connectivity index (χ3n) is 1.71. The van der Waals surface area contributed by atoms with Gasteiger partial charge < -0.3 is 0 Å². The second kappa shape index (κ2) is 2.44. The summed E-state index contributed by atoms with van der Waals surface area (Å²) < 4.78 is 1.84. The number of rotatable bonds is 1. The van der Waals surface area contributed by atoms with Crippen LogP contribution in [-0.4, -0.2) is 0 Å². The first kappa shape index (κ1) is 7.02. The lowest BCUT2D eigenvalue weighted by atomic mass is 10.4. The molecule has 0 aliphatic carbocycles. The van der Waals surface area contributed by atoms with E-state index >= 15 is 0 Å². The summed E-state index contributed by atoms with van der Waals surface area (Å²) in [6, 6.07) is 5.76. The van der Waals surface area contributed by atoms with Gasteiger partial charge in [-0.15, -0.1) is 0 Å². The average Bonchev–Trinajstić information content (AvgIpc) is 2.55. The zero-order chi connectivity index (χ0) is 8.44. The maximum atomic E-state index is 3.89. The fourth-order valence-corrected chi connectivity index (χ4v) is 1.01. The Morgan fingerprint density at radius 2 is 1.58 bits per heavy atom. The quantitative estimate of drug-likeness (QED) is 0.561. The van der Waals surface area contributed by atoms with E-state index in [2.05, 4.69) is 20.7 Å². The number of nitrogens with zero attached hydrogens (tertiary/aromatic N) is 5. The first-order chi connectivity index (χ1) is 5.81. The SMILES string of the molecule is CC1([n+]2ccccc2)N=NN=N1. The van der Waals surface area contributed by atoms with Crippen LogP contribution >= 0.6 is 0 Å². The van der Waals surface area contributed by atoms with Gasteiger partial charge in [-0.05, 0) is 10.4 Å². The molecule has 0 fully saturated rings. The molecule has 1 aliphatic rings. The van der Waals surface area contributed by atoms with Gasteiger partial charge in [0, 0.05) is 12.1 Å². The summed E-state index contributed by atoms with van der Waals surface area (Å²) in [5.41, 5.74) is 0. The predicted molar refractivity (Wildman–Crippen MR) is 40.0 cm³/mol. The molecule has 60 valence electrons.